The number of benzene rings is 2. The number of likely N-dealkylation sites (N-methyl/N-ethyl adjacent to an activating group) is 1. The third-order valence-corrected chi connectivity index (χ3v) is 8.90. The third kappa shape index (κ3) is 5.30. The Morgan fingerprint density at radius 1 is 0.950 bits per heavy atom. The van der Waals surface area contributed by atoms with Gasteiger partial charge in [-0.05, 0) is 48.4 Å². The van der Waals surface area contributed by atoms with E-state index in [-0.39, 0.29) is 11.5 Å². The van der Waals surface area contributed by atoms with Crippen molar-refractivity contribution in [2.75, 3.05) is 44.2 Å². The Labute approximate surface area is 235 Å². The van der Waals surface area contributed by atoms with Crippen LogP contribution in [0, 0.1) is 0 Å². The highest BCUT2D eigenvalue weighted by molar-refractivity contribution is 7.19. The number of anilines is 1. The molecule has 1 amide bonds. The first-order chi connectivity index (χ1) is 19.3. The average molecular weight is 566 g/mol. The number of amides is 1. The second-order valence-electron chi connectivity index (χ2n) is 10.3. The summed E-state index contributed by atoms with van der Waals surface area (Å²) in [6, 6.07) is 14.7. The van der Waals surface area contributed by atoms with Crippen LogP contribution < -0.4 is 4.90 Å². The second-order valence-corrected chi connectivity index (χ2v) is 11.4. The minimum atomic E-state index is -4.43. The fraction of sp³-hybridized carbons (Fsp3) is 0.367. The first-order valence-electron chi connectivity index (χ1n) is 13.6. The number of piperazine rings is 1. The minimum Gasteiger partial charge on any atom is -0.352 e. The largest absolute Gasteiger partial charge is 0.416 e. The highest BCUT2D eigenvalue weighted by atomic mass is 32.1. The lowest BCUT2D eigenvalue weighted by atomic mass is 10.0. The van der Waals surface area contributed by atoms with Crippen LogP contribution in [0.2, 0.25) is 0 Å². The van der Waals surface area contributed by atoms with E-state index in [9.17, 15) is 18.0 Å². The van der Waals surface area contributed by atoms with E-state index in [1.54, 1.807) is 16.2 Å². The molecular formula is C30H30F3N5OS. The molecule has 1 fully saturated rings. The number of aromatic nitrogens is 2. The molecule has 10 heteroatoms. The first kappa shape index (κ1) is 26.7. The number of rotatable bonds is 5. The summed E-state index contributed by atoms with van der Waals surface area (Å²) in [5.41, 5.74) is 2.00. The van der Waals surface area contributed by atoms with Crippen LogP contribution in [0.25, 0.3) is 10.2 Å². The molecule has 4 aromatic rings. The van der Waals surface area contributed by atoms with Crippen molar-refractivity contribution in [1.29, 1.82) is 0 Å². The SMILES string of the molecule is CCN1CCc2c(sc3nc(Cc4ccccc4)nc(N4CCN(C(=O)c5ccc(C(F)(F)F)cc5)CC4)c23)C1. The summed E-state index contributed by atoms with van der Waals surface area (Å²) >= 11 is 1.76. The summed E-state index contributed by atoms with van der Waals surface area (Å²) in [7, 11) is 0. The van der Waals surface area contributed by atoms with Gasteiger partial charge in [0.25, 0.3) is 5.91 Å². The summed E-state index contributed by atoms with van der Waals surface area (Å²) in [5, 5.41) is 1.13. The molecule has 6 nitrogen and oxygen atoms in total. The topological polar surface area (TPSA) is 52.6 Å². The molecule has 0 saturated carbocycles. The van der Waals surface area contributed by atoms with E-state index in [1.165, 1.54) is 22.6 Å². The summed E-state index contributed by atoms with van der Waals surface area (Å²) in [5.74, 6) is 1.46. The number of halogens is 3. The van der Waals surface area contributed by atoms with Crippen LogP contribution in [0.1, 0.15) is 44.7 Å². The highest BCUT2D eigenvalue weighted by Gasteiger charge is 2.32. The Morgan fingerprint density at radius 3 is 2.35 bits per heavy atom. The van der Waals surface area contributed by atoms with Gasteiger partial charge in [0, 0.05) is 56.1 Å². The molecule has 0 radical (unpaired) electrons. The van der Waals surface area contributed by atoms with Crippen molar-refractivity contribution in [3.05, 3.63) is 87.6 Å². The molecule has 0 spiro atoms. The summed E-state index contributed by atoms with van der Waals surface area (Å²) < 4.78 is 38.8. The van der Waals surface area contributed by atoms with E-state index in [0.717, 1.165) is 65.6 Å². The Hall–Kier alpha value is -3.50. The van der Waals surface area contributed by atoms with Gasteiger partial charge in [0.2, 0.25) is 0 Å². The van der Waals surface area contributed by atoms with Crippen LogP contribution in [0.15, 0.2) is 54.6 Å². The van der Waals surface area contributed by atoms with E-state index in [4.69, 9.17) is 9.97 Å². The molecular weight excluding hydrogens is 535 g/mol. The van der Waals surface area contributed by atoms with Crippen LogP contribution in [-0.2, 0) is 25.6 Å². The van der Waals surface area contributed by atoms with Crippen LogP contribution in [0.4, 0.5) is 19.0 Å². The molecule has 2 aliphatic rings. The molecule has 40 heavy (non-hydrogen) atoms. The molecule has 2 aromatic carbocycles. The molecule has 0 bridgehead atoms. The maximum Gasteiger partial charge on any atom is 0.416 e. The standard InChI is InChI=1S/C30H30F3N5OS/c1-2-36-13-12-23-24(19-36)40-28-26(23)27(34-25(35-28)18-20-6-4-3-5-7-20)37-14-16-38(17-15-37)29(39)21-8-10-22(11-9-21)30(31,32)33/h3-11H,2,12-19H2,1H3. The van der Waals surface area contributed by atoms with E-state index in [2.05, 4.69) is 28.9 Å². The number of nitrogens with zero attached hydrogens (tertiary/aromatic N) is 5. The first-order valence-corrected chi connectivity index (χ1v) is 14.4. The van der Waals surface area contributed by atoms with Crippen molar-refractivity contribution in [1.82, 2.24) is 19.8 Å². The number of hydrogen-bond donors (Lipinski definition) is 0. The van der Waals surface area contributed by atoms with Gasteiger partial charge < -0.3 is 9.80 Å². The highest BCUT2D eigenvalue weighted by Crippen LogP contribution is 2.39. The fourth-order valence-corrected chi connectivity index (χ4v) is 6.81. The van der Waals surface area contributed by atoms with E-state index in [1.807, 2.05) is 18.2 Å². The second kappa shape index (κ2) is 10.8. The Morgan fingerprint density at radius 2 is 1.68 bits per heavy atom. The average Bonchev–Trinajstić information content (AvgIpc) is 3.34. The monoisotopic (exact) mass is 565 g/mol. The molecule has 208 valence electrons. The molecule has 0 aliphatic carbocycles. The van der Waals surface area contributed by atoms with Gasteiger partial charge in [-0.3, -0.25) is 9.69 Å². The minimum absolute atomic E-state index is 0.251. The summed E-state index contributed by atoms with van der Waals surface area (Å²) in [6.45, 7) is 7.26. The summed E-state index contributed by atoms with van der Waals surface area (Å²) in [4.78, 5) is 32.0. The summed E-state index contributed by atoms with van der Waals surface area (Å²) in [6.07, 6.45) is -2.82. The lowest BCUT2D eigenvalue weighted by Gasteiger charge is -2.36. The lowest BCUT2D eigenvalue weighted by molar-refractivity contribution is -0.137. The zero-order valence-corrected chi connectivity index (χ0v) is 23.1. The zero-order chi connectivity index (χ0) is 27.9. The number of carbonyl (C=O) groups excluding carboxylic acids is 1. The molecule has 1 saturated heterocycles. The van der Waals surface area contributed by atoms with Crippen molar-refractivity contribution in [3.8, 4) is 0 Å². The third-order valence-electron chi connectivity index (χ3n) is 7.78. The number of alkyl halides is 3. The van der Waals surface area contributed by atoms with E-state index >= 15 is 0 Å². The molecule has 0 unspecified atom stereocenters. The van der Waals surface area contributed by atoms with Crippen molar-refractivity contribution in [2.45, 2.75) is 32.5 Å². The molecule has 4 heterocycles. The van der Waals surface area contributed by atoms with Crippen molar-refractivity contribution >= 4 is 33.3 Å². The molecule has 6 rings (SSSR count). The maximum absolute atomic E-state index is 13.1. The van der Waals surface area contributed by atoms with E-state index < -0.39 is 11.7 Å². The van der Waals surface area contributed by atoms with Gasteiger partial charge >= 0.3 is 6.18 Å². The van der Waals surface area contributed by atoms with Gasteiger partial charge in [0.05, 0.1) is 10.9 Å². The zero-order valence-electron chi connectivity index (χ0n) is 22.2. The van der Waals surface area contributed by atoms with Crippen molar-refractivity contribution in [2.24, 2.45) is 0 Å². The van der Waals surface area contributed by atoms with Gasteiger partial charge in [0.15, 0.2) is 0 Å². The Kier molecular flexibility index (Phi) is 7.22. The van der Waals surface area contributed by atoms with Crippen LogP contribution in [0.5, 0.6) is 0 Å². The van der Waals surface area contributed by atoms with Gasteiger partial charge in [-0.2, -0.15) is 13.2 Å². The lowest BCUT2D eigenvalue weighted by Crippen LogP contribution is -2.49. The van der Waals surface area contributed by atoms with Gasteiger partial charge in [-0.25, -0.2) is 9.97 Å². The van der Waals surface area contributed by atoms with Crippen molar-refractivity contribution in [3.63, 3.8) is 0 Å². The van der Waals surface area contributed by atoms with Gasteiger partial charge in [0.1, 0.15) is 16.5 Å². The normalized spacial score (nSPS) is 16.4. The smallest absolute Gasteiger partial charge is 0.352 e. The van der Waals surface area contributed by atoms with Crippen LogP contribution in [0.3, 0.4) is 0 Å². The fourth-order valence-electron chi connectivity index (χ4n) is 5.53. The number of carbonyl (C=O) groups is 1. The number of thiophene rings is 1. The van der Waals surface area contributed by atoms with Crippen molar-refractivity contribution < 1.29 is 18.0 Å². The Bertz CT molecular complexity index is 1510. The van der Waals surface area contributed by atoms with Gasteiger partial charge in [-0.15, -0.1) is 11.3 Å². The maximum atomic E-state index is 13.1. The van der Waals surface area contributed by atoms with Crippen LogP contribution in [-0.4, -0.2) is 64.9 Å². The number of fused-ring (bicyclic) bond motifs is 3. The van der Waals surface area contributed by atoms with E-state index in [0.29, 0.717) is 32.6 Å². The van der Waals surface area contributed by atoms with Crippen LogP contribution >= 0.6 is 11.3 Å². The predicted molar refractivity (Wildman–Crippen MR) is 151 cm³/mol. The molecule has 0 atom stereocenters. The quantitative estimate of drug-likeness (QED) is 0.314. The molecule has 0 N–H and O–H groups in total. The predicted octanol–water partition coefficient (Wildman–Crippen LogP) is 5.64. The number of hydrogen-bond acceptors (Lipinski definition) is 6. The Balaban J connectivity index is 1.26. The molecule has 2 aliphatic heterocycles. The van der Waals surface area contributed by atoms with Gasteiger partial charge in [-0.1, -0.05) is 37.3 Å². The molecule has 2 aromatic heterocycles.